The zero-order valence-electron chi connectivity index (χ0n) is 20.1. The largest absolute Gasteiger partial charge is 0.497 e. The average molecular weight is 439 g/mol. The van der Waals surface area contributed by atoms with Crippen LogP contribution >= 0.6 is 0 Å². The Balaban J connectivity index is 2.26. The zero-order chi connectivity index (χ0) is 22.6. The monoisotopic (exact) mass is 438 g/mol. The van der Waals surface area contributed by atoms with E-state index >= 15 is 0 Å². The Morgan fingerprint density at radius 2 is 1.60 bits per heavy atom. The predicted molar refractivity (Wildman–Crippen MR) is 124 cm³/mol. The van der Waals surface area contributed by atoms with Crippen molar-refractivity contribution in [3.8, 4) is 5.75 Å². The molecule has 0 aromatic heterocycles. The zero-order valence-corrected chi connectivity index (χ0v) is 21.1. The second-order valence-corrected chi connectivity index (χ2v) is 14.2. The summed E-state index contributed by atoms with van der Waals surface area (Å²) in [6.07, 6.45) is 4.42. The van der Waals surface area contributed by atoms with Crippen LogP contribution in [0.25, 0.3) is 0 Å². The van der Waals surface area contributed by atoms with Crippen LogP contribution in [0, 0.1) is 5.92 Å². The van der Waals surface area contributed by atoms with E-state index < -0.39 is 8.32 Å². The van der Waals surface area contributed by atoms with Gasteiger partial charge in [-0.05, 0) is 61.5 Å². The summed E-state index contributed by atoms with van der Waals surface area (Å²) in [7, 11) is 1.41. The van der Waals surface area contributed by atoms with Gasteiger partial charge in [-0.1, -0.05) is 39.3 Å². The number of unbranched alkanes of at least 4 members (excludes halogenated alkanes) is 1. The summed E-state index contributed by atoms with van der Waals surface area (Å²) in [6, 6.07) is 7.90. The molecule has 0 saturated heterocycles. The van der Waals surface area contributed by atoms with E-state index in [1.165, 1.54) is 7.11 Å². The highest BCUT2D eigenvalue weighted by atomic mass is 28.4. The van der Waals surface area contributed by atoms with Crippen molar-refractivity contribution in [3.63, 3.8) is 0 Å². The van der Waals surface area contributed by atoms with Crippen molar-refractivity contribution in [2.75, 3.05) is 27.4 Å². The fraction of sp³-hybridized carbons (Fsp3) is 0.708. The highest BCUT2D eigenvalue weighted by Gasteiger charge is 2.36. The number of benzene rings is 1. The second-order valence-electron chi connectivity index (χ2n) is 9.37. The van der Waals surface area contributed by atoms with Crippen LogP contribution in [0.4, 0.5) is 0 Å². The molecule has 1 atom stereocenters. The molecule has 0 bridgehead atoms. The molecule has 1 aromatic rings. The molecule has 0 aliphatic carbocycles. The van der Waals surface area contributed by atoms with Gasteiger partial charge in [0.25, 0.3) is 0 Å². The SMILES string of the molecule is COC(=O)[C@H](CCCCOCc1ccc(OC)cc1)CCCO[Si](C)(C)C(C)(C)C. The molecular weight excluding hydrogens is 396 g/mol. The Labute approximate surface area is 184 Å². The van der Waals surface area contributed by atoms with Crippen LogP contribution in [0.1, 0.15) is 58.4 Å². The highest BCUT2D eigenvalue weighted by Crippen LogP contribution is 2.36. The van der Waals surface area contributed by atoms with Crippen molar-refractivity contribution in [2.24, 2.45) is 5.92 Å². The van der Waals surface area contributed by atoms with Gasteiger partial charge in [-0.15, -0.1) is 0 Å². The summed E-state index contributed by atoms with van der Waals surface area (Å²) in [5.74, 6) is 0.684. The smallest absolute Gasteiger partial charge is 0.308 e. The number of esters is 1. The summed E-state index contributed by atoms with van der Waals surface area (Å²) in [4.78, 5) is 12.1. The molecule has 0 saturated carbocycles. The molecule has 0 unspecified atom stereocenters. The lowest BCUT2D eigenvalue weighted by atomic mass is 9.97. The summed E-state index contributed by atoms with van der Waals surface area (Å²) in [5.41, 5.74) is 1.13. The normalized spacial score (nSPS) is 13.2. The van der Waals surface area contributed by atoms with E-state index in [2.05, 4.69) is 33.9 Å². The average Bonchev–Trinajstić information content (AvgIpc) is 2.70. The minimum Gasteiger partial charge on any atom is -0.497 e. The minimum absolute atomic E-state index is 0.0559. The highest BCUT2D eigenvalue weighted by molar-refractivity contribution is 6.74. The molecule has 30 heavy (non-hydrogen) atoms. The Morgan fingerprint density at radius 3 is 2.17 bits per heavy atom. The van der Waals surface area contributed by atoms with E-state index in [0.717, 1.165) is 50.0 Å². The summed E-state index contributed by atoms with van der Waals surface area (Å²) in [6.45, 7) is 13.2. The number of ether oxygens (including phenoxy) is 3. The number of rotatable bonds is 14. The van der Waals surface area contributed by atoms with Crippen molar-refractivity contribution >= 4 is 14.3 Å². The lowest BCUT2D eigenvalue weighted by molar-refractivity contribution is -0.146. The van der Waals surface area contributed by atoms with Crippen molar-refractivity contribution in [1.82, 2.24) is 0 Å². The summed E-state index contributed by atoms with van der Waals surface area (Å²) >= 11 is 0. The Morgan fingerprint density at radius 1 is 0.967 bits per heavy atom. The quantitative estimate of drug-likeness (QED) is 0.203. The van der Waals surface area contributed by atoms with E-state index in [0.29, 0.717) is 13.2 Å². The van der Waals surface area contributed by atoms with Gasteiger partial charge in [-0.3, -0.25) is 4.79 Å². The van der Waals surface area contributed by atoms with E-state index in [-0.39, 0.29) is 16.9 Å². The van der Waals surface area contributed by atoms with Crippen LogP contribution in [-0.4, -0.2) is 41.7 Å². The van der Waals surface area contributed by atoms with Gasteiger partial charge in [-0.2, -0.15) is 0 Å². The summed E-state index contributed by atoms with van der Waals surface area (Å²) < 4.78 is 22.2. The maximum absolute atomic E-state index is 12.1. The van der Waals surface area contributed by atoms with Gasteiger partial charge in [0.1, 0.15) is 5.75 Å². The van der Waals surface area contributed by atoms with Crippen LogP contribution in [-0.2, 0) is 25.3 Å². The lowest BCUT2D eigenvalue weighted by Gasteiger charge is -2.36. The second kappa shape index (κ2) is 13.1. The van der Waals surface area contributed by atoms with Gasteiger partial charge in [0.2, 0.25) is 0 Å². The van der Waals surface area contributed by atoms with Gasteiger partial charge in [-0.25, -0.2) is 0 Å². The number of hydrogen-bond donors (Lipinski definition) is 0. The number of hydrogen-bond acceptors (Lipinski definition) is 5. The standard InChI is InChI=1S/C24H42O5Si/c1-24(2,3)30(6,7)29-18-10-12-21(23(25)27-5)11-8-9-17-28-19-20-13-15-22(26-4)16-14-20/h13-16,21H,8-12,17-19H2,1-7H3/t21-/m1/s1. The maximum Gasteiger partial charge on any atom is 0.308 e. The van der Waals surface area contributed by atoms with Gasteiger partial charge >= 0.3 is 5.97 Å². The van der Waals surface area contributed by atoms with E-state index in [1.807, 2.05) is 24.3 Å². The van der Waals surface area contributed by atoms with E-state index in [9.17, 15) is 4.79 Å². The fourth-order valence-electron chi connectivity index (χ4n) is 2.93. The molecule has 5 nitrogen and oxygen atoms in total. The Kier molecular flexibility index (Phi) is 11.7. The third kappa shape index (κ3) is 9.62. The van der Waals surface area contributed by atoms with Crippen molar-refractivity contribution in [3.05, 3.63) is 29.8 Å². The van der Waals surface area contributed by atoms with E-state index in [1.54, 1.807) is 7.11 Å². The summed E-state index contributed by atoms with van der Waals surface area (Å²) in [5, 5.41) is 0.209. The first-order chi connectivity index (χ1) is 14.1. The molecule has 172 valence electrons. The molecule has 6 heteroatoms. The molecule has 1 rings (SSSR count). The first-order valence-corrected chi connectivity index (χ1v) is 13.9. The molecule has 0 heterocycles. The first-order valence-electron chi connectivity index (χ1n) is 11.0. The van der Waals surface area contributed by atoms with Crippen LogP contribution in [0.15, 0.2) is 24.3 Å². The van der Waals surface area contributed by atoms with E-state index in [4.69, 9.17) is 18.6 Å². The molecule has 0 aliphatic rings. The molecule has 0 aliphatic heterocycles. The van der Waals surface area contributed by atoms with Crippen molar-refractivity contribution < 1.29 is 23.4 Å². The van der Waals surface area contributed by atoms with Crippen LogP contribution in [0.2, 0.25) is 18.1 Å². The predicted octanol–water partition coefficient (Wildman–Crippen LogP) is 5.97. The van der Waals surface area contributed by atoms with Crippen LogP contribution < -0.4 is 4.74 Å². The molecule has 0 fully saturated rings. The lowest BCUT2D eigenvalue weighted by Crippen LogP contribution is -2.41. The maximum atomic E-state index is 12.1. The van der Waals surface area contributed by atoms with Gasteiger partial charge in [0.15, 0.2) is 8.32 Å². The number of carbonyl (C=O) groups is 1. The minimum atomic E-state index is -1.73. The Hall–Kier alpha value is -1.37. The van der Waals surface area contributed by atoms with Gasteiger partial charge < -0.3 is 18.6 Å². The topological polar surface area (TPSA) is 54.0 Å². The Bertz CT molecular complexity index is 607. The van der Waals surface area contributed by atoms with Crippen molar-refractivity contribution in [1.29, 1.82) is 0 Å². The first kappa shape index (κ1) is 26.7. The molecule has 0 N–H and O–H groups in total. The van der Waals surface area contributed by atoms with Crippen LogP contribution in [0.3, 0.4) is 0 Å². The van der Waals surface area contributed by atoms with Gasteiger partial charge in [0, 0.05) is 13.2 Å². The molecular formula is C24H42O5Si. The van der Waals surface area contributed by atoms with Gasteiger partial charge in [0.05, 0.1) is 26.7 Å². The molecule has 0 amide bonds. The third-order valence-corrected chi connectivity index (χ3v) is 10.6. The fourth-order valence-corrected chi connectivity index (χ4v) is 4.01. The molecule has 1 aromatic carbocycles. The molecule has 0 spiro atoms. The number of carbonyl (C=O) groups excluding carboxylic acids is 1. The molecule has 0 radical (unpaired) electrons. The third-order valence-electron chi connectivity index (χ3n) is 6.02. The van der Waals surface area contributed by atoms with Crippen molar-refractivity contribution in [2.45, 2.75) is 77.6 Å². The number of methoxy groups -OCH3 is 2. The van der Waals surface area contributed by atoms with Crippen LogP contribution in [0.5, 0.6) is 5.75 Å².